The van der Waals surface area contributed by atoms with Crippen molar-refractivity contribution in [3.8, 4) is 0 Å². The molecule has 0 heterocycles. The first-order valence-electron chi connectivity index (χ1n) is 4.43. The minimum Gasteiger partial charge on any atom is -0.478 e. The SMILES string of the molecule is Cc1ccc(Br)cc1C(N)/C=C/C(=O)O. The van der Waals surface area contributed by atoms with Gasteiger partial charge < -0.3 is 10.8 Å². The second-order valence-corrected chi connectivity index (χ2v) is 4.14. The number of carboxylic acids is 1. The van der Waals surface area contributed by atoms with Crippen molar-refractivity contribution in [2.75, 3.05) is 0 Å². The van der Waals surface area contributed by atoms with Gasteiger partial charge in [0, 0.05) is 16.6 Å². The summed E-state index contributed by atoms with van der Waals surface area (Å²) in [5.41, 5.74) is 7.80. The zero-order chi connectivity index (χ0) is 11.4. The van der Waals surface area contributed by atoms with Crippen LogP contribution in [0.15, 0.2) is 34.8 Å². The van der Waals surface area contributed by atoms with Gasteiger partial charge in [0.1, 0.15) is 0 Å². The highest BCUT2D eigenvalue weighted by Crippen LogP contribution is 2.21. The summed E-state index contributed by atoms with van der Waals surface area (Å²) in [6.45, 7) is 1.94. The Morgan fingerprint density at radius 2 is 2.27 bits per heavy atom. The summed E-state index contributed by atoms with van der Waals surface area (Å²) in [5, 5.41) is 8.48. The van der Waals surface area contributed by atoms with E-state index in [1.54, 1.807) is 0 Å². The Balaban J connectivity index is 2.95. The average molecular weight is 270 g/mol. The highest BCUT2D eigenvalue weighted by Gasteiger charge is 2.06. The normalized spacial score (nSPS) is 13.0. The number of hydrogen-bond donors (Lipinski definition) is 2. The van der Waals surface area contributed by atoms with E-state index in [-0.39, 0.29) is 0 Å². The van der Waals surface area contributed by atoms with Gasteiger partial charge in [-0.1, -0.05) is 28.1 Å². The average Bonchev–Trinajstić information content (AvgIpc) is 2.18. The summed E-state index contributed by atoms with van der Waals surface area (Å²) in [6.07, 6.45) is 2.53. The molecule has 0 amide bonds. The van der Waals surface area contributed by atoms with E-state index in [1.165, 1.54) is 6.08 Å². The van der Waals surface area contributed by atoms with Gasteiger partial charge in [-0.2, -0.15) is 0 Å². The molecule has 1 unspecified atom stereocenters. The molecule has 15 heavy (non-hydrogen) atoms. The Bertz CT molecular complexity index is 402. The van der Waals surface area contributed by atoms with Crippen LogP contribution in [0.25, 0.3) is 0 Å². The number of rotatable bonds is 3. The van der Waals surface area contributed by atoms with Crippen LogP contribution in [0.5, 0.6) is 0 Å². The third kappa shape index (κ3) is 3.49. The number of nitrogens with two attached hydrogens (primary N) is 1. The van der Waals surface area contributed by atoms with E-state index < -0.39 is 12.0 Å². The van der Waals surface area contributed by atoms with Gasteiger partial charge in [-0.3, -0.25) is 0 Å². The van der Waals surface area contributed by atoms with Gasteiger partial charge in [-0.05, 0) is 30.2 Å². The number of aryl methyl sites for hydroxylation is 1. The first kappa shape index (κ1) is 11.9. The van der Waals surface area contributed by atoms with Gasteiger partial charge in [-0.25, -0.2) is 4.79 Å². The molecule has 0 saturated heterocycles. The van der Waals surface area contributed by atoms with Crippen molar-refractivity contribution in [1.82, 2.24) is 0 Å². The van der Waals surface area contributed by atoms with Crippen molar-refractivity contribution in [2.45, 2.75) is 13.0 Å². The van der Waals surface area contributed by atoms with Crippen LogP contribution in [0.4, 0.5) is 0 Å². The summed E-state index contributed by atoms with van der Waals surface area (Å²) in [4.78, 5) is 10.3. The molecule has 0 bridgehead atoms. The largest absolute Gasteiger partial charge is 0.478 e. The molecular weight excluding hydrogens is 258 g/mol. The van der Waals surface area contributed by atoms with Gasteiger partial charge in [0.15, 0.2) is 0 Å². The zero-order valence-electron chi connectivity index (χ0n) is 8.27. The summed E-state index contributed by atoms with van der Waals surface area (Å²) < 4.78 is 0.933. The highest BCUT2D eigenvalue weighted by molar-refractivity contribution is 9.10. The van der Waals surface area contributed by atoms with Crippen LogP contribution in [-0.4, -0.2) is 11.1 Å². The van der Waals surface area contributed by atoms with E-state index in [4.69, 9.17) is 10.8 Å². The van der Waals surface area contributed by atoms with Gasteiger partial charge in [0.05, 0.1) is 0 Å². The number of benzene rings is 1. The fourth-order valence-corrected chi connectivity index (χ4v) is 1.64. The maximum atomic E-state index is 10.3. The van der Waals surface area contributed by atoms with Gasteiger partial charge >= 0.3 is 5.97 Å². The van der Waals surface area contributed by atoms with E-state index in [9.17, 15) is 4.79 Å². The van der Waals surface area contributed by atoms with Gasteiger partial charge in [-0.15, -0.1) is 0 Å². The highest BCUT2D eigenvalue weighted by atomic mass is 79.9. The van der Waals surface area contributed by atoms with Crippen LogP contribution < -0.4 is 5.73 Å². The third-order valence-corrected chi connectivity index (χ3v) is 2.54. The van der Waals surface area contributed by atoms with Crippen molar-refractivity contribution in [1.29, 1.82) is 0 Å². The molecule has 0 aliphatic heterocycles. The predicted molar refractivity (Wildman–Crippen MR) is 62.6 cm³/mol. The zero-order valence-corrected chi connectivity index (χ0v) is 9.86. The van der Waals surface area contributed by atoms with Crippen LogP contribution in [0.3, 0.4) is 0 Å². The fraction of sp³-hybridized carbons (Fsp3) is 0.182. The molecule has 0 aliphatic rings. The molecule has 3 nitrogen and oxygen atoms in total. The fourth-order valence-electron chi connectivity index (χ4n) is 1.26. The summed E-state index contributed by atoms with van der Waals surface area (Å²) in [6, 6.07) is 5.37. The molecule has 1 aromatic carbocycles. The van der Waals surface area contributed by atoms with E-state index in [0.717, 1.165) is 21.7 Å². The smallest absolute Gasteiger partial charge is 0.328 e. The minimum atomic E-state index is -0.988. The molecule has 0 aliphatic carbocycles. The van der Waals surface area contributed by atoms with Gasteiger partial charge in [0.2, 0.25) is 0 Å². The number of carboxylic acid groups (broad SMARTS) is 1. The van der Waals surface area contributed by atoms with Crippen LogP contribution in [0, 0.1) is 6.92 Å². The molecule has 1 rings (SSSR count). The molecule has 80 valence electrons. The van der Waals surface area contributed by atoms with E-state index in [0.29, 0.717) is 0 Å². The Labute approximate surface area is 96.7 Å². The van der Waals surface area contributed by atoms with Crippen molar-refractivity contribution in [3.63, 3.8) is 0 Å². The maximum Gasteiger partial charge on any atom is 0.328 e. The van der Waals surface area contributed by atoms with Crippen LogP contribution in [0.1, 0.15) is 17.2 Å². The lowest BCUT2D eigenvalue weighted by Crippen LogP contribution is -2.09. The molecule has 1 atom stereocenters. The molecule has 1 aromatic rings. The van der Waals surface area contributed by atoms with Crippen molar-refractivity contribution in [2.24, 2.45) is 5.73 Å². The number of aliphatic carboxylic acids is 1. The lowest BCUT2D eigenvalue weighted by atomic mass is 10.0. The Hall–Kier alpha value is -1.13. The first-order chi connectivity index (χ1) is 7.00. The third-order valence-electron chi connectivity index (χ3n) is 2.05. The topological polar surface area (TPSA) is 63.3 Å². The quantitative estimate of drug-likeness (QED) is 0.829. The summed E-state index contributed by atoms with van der Waals surface area (Å²) >= 11 is 3.35. The second kappa shape index (κ2) is 5.09. The lowest BCUT2D eigenvalue weighted by molar-refractivity contribution is -0.131. The van der Waals surface area contributed by atoms with Crippen molar-refractivity contribution in [3.05, 3.63) is 46.0 Å². The molecular formula is C11H12BrNO2. The van der Waals surface area contributed by atoms with E-state index in [2.05, 4.69) is 15.9 Å². The number of halogens is 1. The van der Waals surface area contributed by atoms with E-state index in [1.807, 2.05) is 25.1 Å². The first-order valence-corrected chi connectivity index (χ1v) is 5.23. The molecule has 3 N–H and O–H groups in total. The number of carbonyl (C=O) groups is 1. The molecule has 0 saturated carbocycles. The van der Waals surface area contributed by atoms with Gasteiger partial charge in [0.25, 0.3) is 0 Å². The lowest BCUT2D eigenvalue weighted by Gasteiger charge is -2.10. The Morgan fingerprint density at radius 3 is 2.87 bits per heavy atom. The molecule has 0 radical (unpaired) electrons. The molecule has 0 fully saturated rings. The Kier molecular flexibility index (Phi) is 4.05. The molecule has 0 aromatic heterocycles. The molecule has 0 spiro atoms. The standard InChI is InChI=1S/C11H12BrNO2/c1-7-2-3-8(12)6-9(7)10(13)4-5-11(14)15/h2-6,10H,13H2,1H3,(H,14,15)/b5-4+. The number of hydrogen-bond acceptors (Lipinski definition) is 2. The van der Waals surface area contributed by atoms with Crippen LogP contribution in [-0.2, 0) is 4.79 Å². The summed E-state index contributed by atoms with van der Waals surface area (Å²) in [5.74, 6) is -0.988. The maximum absolute atomic E-state index is 10.3. The van der Waals surface area contributed by atoms with Crippen LogP contribution in [0.2, 0.25) is 0 Å². The van der Waals surface area contributed by atoms with Crippen molar-refractivity contribution < 1.29 is 9.90 Å². The second-order valence-electron chi connectivity index (χ2n) is 3.22. The monoisotopic (exact) mass is 269 g/mol. The van der Waals surface area contributed by atoms with E-state index >= 15 is 0 Å². The molecule has 4 heteroatoms. The summed E-state index contributed by atoms with van der Waals surface area (Å²) in [7, 11) is 0. The predicted octanol–water partition coefficient (Wildman–Crippen LogP) is 2.40. The minimum absolute atomic E-state index is 0.390. The van der Waals surface area contributed by atoms with Crippen LogP contribution >= 0.6 is 15.9 Å². The Morgan fingerprint density at radius 1 is 1.60 bits per heavy atom. The van der Waals surface area contributed by atoms with Crippen molar-refractivity contribution >= 4 is 21.9 Å².